The number of hydrogen-bond donors (Lipinski definition) is 0. The van der Waals surface area contributed by atoms with E-state index in [2.05, 4.69) is 9.98 Å². The molecule has 3 aromatic rings. The normalized spacial score (nSPS) is 11.2. The van der Waals surface area contributed by atoms with Crippen molar-refractivity contribution < 1.29 is 9.59 Å². The number of benzene rings is 3. The Morgan fingerprint density at radius 2 is 1.06 bits per heavy atom. The van der Waals surface area contributed by atoms with Gasteiger partial charge in [-0.15, -0.1) is 0 Å². The van der Waals surface area contributed by atoms with Crippen LogP contribution in [0.3, 0.4) is 0 Å². The molecule has 0 aliphatic rings. The Bertz CT molecular complexity index is 1120. The molecule has 0 saturated heterocycles. The van der Waals surface area contributed by atoms with E-state index in [0.717, 1.165) is 22.5 Å². The van der Waals surface area contributed by atoms with Crippen molar-refractivity contribution in [1.29, 1.82) is 0 Å². The fraction of sp³-hybridized carbons (Fsp3) is 0.214. The molecule has 0 bridgehead atoms. The largest absolute Gasteiger partial charge is 0.378 e. The molecule has 3 aromatic carbocycles. The van der Waals surface area contributed by atoms with E-state index < -0.39 is 0 Å². The van der Waals surface area contributed by atoms with E-state index in [-0.39, 0.29) is 24.7 Å². The van der Waals surface area contributed by atoms with Crippen molar-refractivity contribution >= 4 is 35.4 Å². The van der Waals surface area contributed by atoms with Crippen LogP contribution in [-0.4, -0.2) is 65.3 Å². The van der Waals surface area contributed by atoms with Gasteiger partial charge < -0.3 is 9.80 Å². The molecule has 34 heavy (non-hydrogen) atoms. The molecule has 0 spiro atoms. The fourth-order valence-electron chi connectivity index (χ4n) is 3.29. The number of rotatable bonds is 10. The summed E-state index contributed by atoms with van der Waals surface area (Å²) >= 11 is 0. The van der Waals surface area contributed by atoms with Crippen LogP contribution in [0.4, 0.5) is 11.4 Å². The molecule has 0 saturated carbocycles. The molecule has 6 nitrogen and oxygen atoms in total. The Hall–Kier alpha value is -4.06. The van der Waals surface area contributed by atoms with Crippen molar-refractivity contribution in [2.75, 3.05) is 51.1 Å². The highest BCUT2D eigenvalue weighted by molar-refractivity contribution is 6.00. The van der Waals surface area contributed by atoms with Crippen molar-refractivity contribution in [3.05, 3.63) is 95.1 Å². The summed E-state index contributed by atoms with van der Waals surface area (Å²) in [7, 11) is 7.76. The number of carbonyl (C=O) groups is 2. The average Bonchev–Trinajstić information content (AvgIpc) is 2.84. The quantitative estimate of drug-likeness (QED) is 0.336. The molecule has 0 aliphatic carbocycles. The van der Waals surface area contributed by atoms with Crippen LogP contribution in [0.5, 0.6) is 0 Å². The molecular weight excluding hydrogens is 424 g/mol. The summed E-state index contributed by atoms with van der Waals surface area (Å²) in [5.74, 6) is -0.0657. The SMILES string of the molecule is CN(C)c1cccc(C(=O)CN=Cc2cccc(C=NCC(=O)c3cccc(N(C)C)c3)c2)c1. The fourth-order valence-corrected chi connectivity index (χ4v) is 3.29. The third-order valence-corrected chi connectivity index (χ3v) is 5.23. The van der Waals surface area contributed by atoms with Gasteiger partial charge in [-0.2, -0.15) is 0 Å². The van der Waals surface area contributed by atoms with Crippen LogP contribution in [0.25, 0.3) is 0 Å². The minimum Gasteiger partial charge on any atom is -0.378 e. The first-order valence-corrected chi connectivity index (χ1v) is 11.0. The first-order valence-electron chi connectivity index (χ1n) is 11.0. The van der Waals surface area contributed by atoms with Gasteiger partial charge in [0.25, 0.3) is 0 Å². The van der Waals surface area contributed by atoms with E-state index in [1.807, 2.05) is 98.7 Å². The first kappa shape index (κ1) is 24.6. The van der Waals surface area contributed by atoms with Gasteiger partial charge >= 0.3 is 0 Å². The molecule has 0 unspecified atom stereocenters. The van der Waals surface area contributed by atoms with Crippen LogP contribution in [0, 0.1) is 0 Å². The predicted molar refractivity (Wildman–Crippen MR) is 142 cm³/mol. The van der Waals surface area contributed by atoms with Crippen molar-refractivity contribution in [2.24, 2.45) is 9.98 Å². The number of aliphatic imine (C=N–C) groups is 2. The maximum atomic E-state index is 12.5. The Balaban J connectivity index is 1.58. The maximum Gasteiger partial charge on any atom is 0.184 e. The lowest BCUT2D eigenvalue weighted by atomic mass is 10.1. The summed E-state index contributed by atoms with van der Waals surface area (Å²) in [5.41, 5.74) is 4.97. The van der Waals surface area contributed by atoms with Crippen LogP contribution in [0.15, 0.2) is 82.8 Å². The van der Waals surface area contributed by atoms with Crippen LogP contribution in [0.1, 0.15) is 31.8 Å². The standard InChI is InChI=1S/C28H30N4O2/c1-31(2)25-12-6-10-23(15-25)27(33)19-29-17-21-8-5-9-22(14-21)18-30-20-28(34)24-11-7-13-26(16-24)32(3)4/h5-18H,19-20H2,1-4H3. The first-order chi connectivity index (χ1) is 16.3. The van der Waals surface area contributed by atoms with Gasteiger partial charge in [-0.25, -0.2) is 0 Å². The lowest BCUT2D eigenvalue weighted by Crippen LogP contribution is -2.10. The Morgan fingerprint density at radius 1 is 0.647 bits per heavy atom. The molecule has 0 fully saturated rings. The van der Waals surface area contributed by atoms with E-state index in [9.17, 15) is 9.59 Å². The van der Waals surface area contributed by atoms with Crippen molar-refractivity contribution in [3.8, 4) is 0 Å². The molecule has 0 heterocycles. The van der Waals surface area contributed by atoms with Crippen molar-refractivity contribution in [2.45, 2.75) is 0 Å². The third kappa shape index (κ3) is 6.97. The molecule has 0 N–H and O–H groups in total. The Labute approximate surface area is 201 Å². The molecule has 6 heteroatoms. The zero-order chi connectivity index (χ0) is 24.5. The number of anilines is 2. The second-order valence-corrected chi connectivity index (χ2v) is 8.35. The van der Waals surface area contributed by atoms with Gasteiger partial charge in [0.15, 0.2) is 11.6 Å². The van der Waals surface area contributed by atoms with Gasteiger partial charge in [-0.05, 0) is 41.5 Å². The summed E-state index contributed by atoms with van der Waals surface area (Å²) in [6.07, 6.45) is 3.37. The molecule has 0 aromatic heterocycles. The predicted octanol–water partition coefficient (Wildman–Crippen LogP) is 4.42. The lowest BCUT2D eigenvalue weighted by Gasteiger charge is -2.12. The zero-order valence-corrected chi connectivity index (χ0v) is 20.1. The van der Waals surface area contributed by atoms with Crippen LogP contribution >= 0.6 is 0 Å². The van der Waals surface area contributed by atoms with E-state index in [4.69, 9.17) is 0 Å². The van der Waals surface area contributed by atoms with Gasteiger partial charge in [0, 0.05) is 63.1 Å². The Morgan fingerprint density at radius 3 is 1.47 bits per heavy atom. The van der Waals surface area contributed by atoms with Crippen LogP contribution in [0.2, 0.25) is 0 Å². The molecule has 0 atom stereocenters. The highest BCUT2D eigenvalue weighted by Crippen LogP contribution is 2.15. The zero-order valence-electron chi connectivity index (χ0n) is 20.1. The minimum atomic E-state index is -0.0329. The van der Waals surface area contributed by atoms with E-state index in [1.165, 1.54) is 0 Å². The summed E-state index contributed by atoms with van der Waals surface area (Å²) < 4.78 is 0. The van der Waals surface area contributed by atoms with E-state index in [1.54, 1.807) is 24.6 Å². The number of nitrogens with zero attached hydrogens (tertiary/aromatic N) is 4. The molecule has 0 radical (unpaired) electrons. The number of ketones is 2. The van der Waals surface area contributed by atoms with Gasteiger partial charge in [-0.1, -0.05) is 42.5 Å². The second kappa shape index (κ2) is 11.7. The monoisotopic (exact) mass is 454 g/mol. The highest BCUT2D eigenvalue weighted by atomic mass is 16.1. The second-order valence-electron chi connectivity index (χ2n) is 8.35. The lowest BCUT2D eigenvalue weighted by molar-refractivity contribution is 0.0994. The summed E-state index contributed by atoms with van der Waals surface area (Å²) in [5, 5.41) is 0. The maximum absolute atomic E-state index is 12.5. The molecule has 3 rings (SSSR count). The average molecular weight is 455 g/mol. The smallest absolute Gasteiger partial charge is 0.184 e. The highest BCUT2D eigenvalue weighted by Gasteiger charge is 2.07. The number of hydrogen-bond acceptors (Lipinski definition) is 6. The van der Waals surface area contributed by atoms with Crippen LogP contribution < -0.4 is 9.80 Å². The Kier molecular flexibility index (Phi) is 8.46. The summed E-state index contributed by atoms with van der Waals surface area (Å²) in [4.78, 5) is 37.5. The van der Waals surface area contributed by atoms with Gasteiger partial charge in [-0.3, -0.25) is 19.6 Å². The molecule has 174 valence electrons. The van der Waals surface area contributed by atoms with Crippen molar-refractivity contribution in [3.63, 3.8) is 0 Å². The molecular formula is C28H30N4O2. The van der Waals surface area contributed by atoms with E-state index in [0.29, 0.717) is 11.1 Å². The number of Topliss-reactive ketones (excluding diaryl/α,β-unsaturated/α-hetero) is 2. The van der Waals surface area contributed by atoms with E-state index >= 15 is 0 Å². The summed E-state index contributed by atoms with van der Waals surface area (Å²) in [6.45, 7) is 0.158. The van der Waals surface area contributed by atoms with Crippen LogP contribution in [-0.2, 0) is 0 Å². The van der Waals surface area contributed by atoms with Gasteiger partial charge in [0.05, 0.1) is 0 Å². The molecule has 0 aliphatic heterocycles. The summed E-state index contributed by atoms with van der Waals surface area (Å²) in [6, 6.07) is 22.7. The van der Waals surface area contributed by atoms with Gasteiger partial charge in [0.1, 0.15) is 13.1 Å². The topological polar surface area (TPSA) is 65.3 Å². The minimum absolute atomic E-state index is 0.0329. The molecule has 0 amide bonds. The number of carbonyl (C=O) groups excluding carboxylic acids is 2. The van der Waals surface area contributed by atoms with Crippen molar-refractivity contribution in [1.82, 2.24) is 0 Å². The third-order valence-electron chi connectivity index (χ3n) is 5.23. The van der Waals surface area contributed by atoms with Gasteiger partial charge in [0.2, 0.25) is 0 Å².